The number of aromatic amines is 1. The molecule has 0 fully saturated rings. The molecule has 0 spiro atoms. The number of carbonyl (C=O) groups is 2. The highest BCUT2D eigenvalue weighted by molar-refractivity contribution is 6.30. The normalized spacial score (nSPS) is 11.8. The summed E-state index contributed by atoms with van der Waals surface area (Å²) >= 11 is 6.17. The van der Waals surface area contributed by atoms with Crippen molar-refractivity contribution in [2.75, 3.05) is 11.9 Å². The lowest BCUT2D eigenvalue weighted by atomic mass is 10.0. The summed E-state index contributed by atoms with van der Waals surface area (Å²) < 4.78 is 5.74. The zero-order valence-corrected chi connectivity index (χ0v) is 19.9. The molecule has 0 aliphatic heterocycles. The molecule has 1 heterocycles. The van der Waals surface area contributed by atoms with Gasteiger partial charge in [-0.05, 0) is 48.9 Å². The fourth-order valence-corrected chi connectivity index (χ4v) is 4.00. The number of halogens is 1. The SMILES string of the molecule is Cc1ccc(NC(=O)COc2ccc(Cl)cc2CN[C@@H](Cc2c[nH]c3ccccc23)C(=O)O)cc1. The Hall–Kier alpha value is -3.81. The minimum atomic E-state index is -0.961. The fraction of sp³-hybridized carbons (Fsp3) is 0.185. The van der Waals surface area contributed by atoms with Gasteiger partial charge in [0.15, 0.2) is 6.61 Å². The summed E-state index contributed by atoms with van der Waals surface area (Å²) in [6, 6.07) is 19.4. The van der Waals surface area contributed by atoms with E-state index in [-0.39, 0.29) is 19.1 Å². The van der Waals surface area contributed by atoms with Crippen molar-refractivity contribution in [2.24, 2.45) is 0 Å². The monoisotopic (exact) mass is 491 g/mol. The molecule has 0 unspecified atom stereocenters. The Morgan fingerprint density at radius 2 is 1.83 bits per heavy atom. The van der Waals surface area contributed by atoms with Crippen LogP contribution in [0.1, 0.15) is 16.7 Å². The Kier molecular flexibility index (Phi) is 7.70. The molecule has 3 aromatic carbocycles. The van der Waals surface area contributed by atoms with E-state index in [1.807, 2.05) is 61.7 Å². The first kappa shape index (κ1) is 24.3. The predicted molar refractivity (Wildman–Crippen MR) is 137 cm³/mol. The van der Waals surface area contributed by atoms with Crippen LogP contribution in [0, 0.1) is 6.92 Å². The summed E-state index contributed by atoms with van der Waals surface area (Å²) in [5, 5.41) is 17.2. The Morgan fingerprint density at radius 3 is 2.60 bits per heavy atom. The number of fused-ring (bicyclic) bond motifs is 1. The lowest BCUT2D eigenvalue weighted by Crippen LogP contribution is -2.38. The third kappa shape index (κ3) is 6.41. The number of ether oxygens (including phenoxy) is 1. The molecular formula is C27H26ClN3O4. The number of amides is 1. The van der Waals surface area contributed by atoms with Crippen LogP contribution in [0.15, 0.2) is 72.9 Å². The van der Waals surface area contributed by atoms with Crippen molar-refractivity contribution in [3.63, 3.8) is 0 Å². The number of carboxylic acid groups (broad SMARTS) is 1. The van der Waals surface area contributed by atoms with Crippen LogP contribution >= 0.6 is 11.6 Å². The first-order valence-corrected chi connectivity index (χ1v) is 11.6. The van der Waals surface area contributed by atoms with Gasteiger partial charge in [0.25, 0.3) is 5.91 Å². The minimum absolute atomic E-state index is 0.194. The fourth-order valence-electron chi connectivity index (χ4n) is 3.80. The van der Waals surface area contributed by atoms with Crippen LogP contribution in [0.5, 0.6) is 5.75 Å². The van der Waals surface area contributed by atoms with E-state index in [0.717, 1.165) is 22.0 Å². The van der Waals surface area contributed by atoms with E-state index in [1.165, 1.54) is 0 Å². The lowest BCUT2D eigenvalue weighted by Gasteiger charge is -2.17. The average Bonchev–Trinajstić information content (AvgIpc) is 3.25. The second kappa shape index (κ2) is 11.1. The van der Waals surface area contributed by atoms with Crippen molar-refractivity contribution in [1.29, 1.82) is 0 Å². The number of hydrogen-bond acceptors (Lipinski definition) is 4. The molecule has 4 aromatic rings. The number of carbonyl (C=O) groups excluding carboxylic acids is 1. The van der Waals surface area contributed by atoms with Gasteiger partial charge in [-0.3, -0.25) is 14.9 Å². The zero-order valence-electron chi connectivity index (χ0n) is 19.2. The average molecular weight is 492 g/mol. The highest BCUT2D eigenvalue weighted by Gasteiger charge is 2.20. The molecule has 7 nitrogen and oxygen atoms in total. The number of benzene rings is 3. The van der Waals surface area contributed by atoms with Gasteiger partial charge in [0, 0.05) is 46.3 Å². The highest BCUT2D eigenvalue weighted by Crippen LogP contribution is 2.24. The summed E-state index contributed by atoms with van der Waals surface area (Å²) in [4.78, 5) is 27.5. The lowest BCUT2D eigenvalue weighted by molar-refractivity contribution is -0.139. The molecule has 0 aliphatic carbocycles. The van der Waals surface area contributed by atoms with Crippen molar-refractivity contribution in [2.45, 2.75) is 25.9 Å². The van der Waals surface area contributed by atoms with Crippen LogP contribution in [-0.2, 0) is 22.6 Å². The van der Waals surface area contributed by atoms with Gasteiger partial charge in [-0.2, -0.15) is 0 Å². The molecule has 1 aromatic heterocycles. The number of H-pyrrole nitrogens is 1. The topological polar surface area (TPSA) is 103 Å². The van der Waals surface area contributed by atoms with Crippen LogP contribution in [-0.4, -0.2) is 34.6 Å². The standard InChI is InChI=1S/C27H26ClN3O4/c1-17-6-9-21(10-7-17)31-26(32)16-35-25-11-8-20(28)12-19(25)15-30-24(27(33)34)13-18-14-29-23-5-3-2-4-22(18)23/h2-12,14,24,29-30H,13,15-16H2,1H3,(H,31,32)(H,33,34)/t24-/m0/s1. The maximum Gasteiger partial charge on any atom is 0.321 e. The quantitative estimate of drug-likeness (QED) is 0.252. The molecule has 8 heteroatoms. The van der Waals surface area contributed by atoms with E-state index < -0.39 is 12.0 Å². The summed E-state index contributed by atoms with van der Waals surface area (Å²) in [6.45, 7) is 1.98. The van der Waals surface area contributed by atoms with Gasteiger partial charge in [0.1, 0.15) is 11.8 Å². The van der Waals surface area contributed by atoms with Gasteiger partial charge >= 0.3 is 5.97 Å². The number of carboxylic acids is 1. The Balaban J connectivity index is 1.40. The molecule has 35 heavy (non-hydrogen) atoms. The number of anilines is 1. The van der Waals surface area contributed by atoms with Crippen molar-refractivity contribution >= 4 is 40.1 Å². The Bertz CT molecular complexity index is 1330. The molecule has 0 bridgehead atoms. The summed E-state index contributed by atoms with van der Waals surface area (Å²) in [7, 11) is 0. The van der Waals surface area contributed by atoms with Gasteiger partial charge in [-0.25, -0.2) is 0 Å². The van der Waals surface area contributed by atoms with Gasteiger partial charge in [-0.15, -0.1) is 0 Å². The Labute approximate surface area is 208 Å². The molecule has 1 atom stereocenters. The molecular weight excluding hydrogens is 466 g/mol. The van der Waals surface area contributed by atoms with Crippen LogP contribution in [0.4, 0.5) is 5.69 Å². The Morgan fingerprint density at radius 1 is 1.06 bits per heavy atom. The third-order valence-electron chi connectivity index (χ3n) is 5.65. The first-order chi connectivity index (χ1) is 16.9. The maximum absolute atomic E-state index is 12.3. The van der Waals surface area contributed by atoms with E-state index in [0.29, 0.717) is 28.4 Å². The number of rotatable bonds is 10. The molecule has 1 amide bonds. The predicted octanol–water partition coefficient (Wildman–Crippen LogP) is 4.93. The third-order valence-corrected chi connectivity index (χ3v) is 5.89. The van der Waals surface area contributed by atoms with Crippen LogP contribution in [0.3, 0.4) is 0 Å². The van der Waals surface area contributed by atoms with Gasteiger partial charge in [-0.1, -0.05) is 47.5 Å². The zero-order chi connectivity index (χ0) is 24.8. The van der Waals surface area contributed by atoms with Crippen molar-refractivity contribution in [1.82, 2.24) is 10.3 Å². The minimum Gasteiger partial charge on any atom is -0.483 e. The maximum atomic E-state index is 12.3. The number of aliphatic carboxylic acids is 1. The van der Waals surface area contributed by atoms with Crippen LogP contribution < -0.4 is 15.4 Å². The number of aromatic nitrogens is 1. The number of para-hydroxylation sites is 1. The van der Waals surface area contributed by atoms with Crippen molar-refractivity contribution in [3.8, 4) is 5.75 Å². The van der Waals surface area contributed by atoms with E-state index in [2.05, 4.69) is 15.6 Å². The molecule has 0 saturated heterocycles. The first-order valence-electron chi connectivity index (χ1n) is 11.2. The van der Waals surface area contributed by atoms with Gasteiger partial charge < -0.3 is 20.1 Å². The van der Waals surface area contributed by atoms with E-state index >= 15 is 0 Å². The number of aryl methyl sites for hydroxylation is 1. The molecule has 4 N–H and O–H groups in total. The molecule has 0 radical (unpaired) electrons. The summed E-state index contributed by atoms with van der Waals surface area (Å²) in [5.74, 6) is -0.806. The molecule has 0 saturated carbocycles. The van der Waals surface area contributed by atoms with E-state index in [9.17, 15) is 14.7 Å². The largest absolute Gasteiger partial charge is 0.483 e. The summed E-state index contributed by atoms with van der Waals surface area (Å²) in [5.41, 5.74) is 4.31. The van der Waals surface area contributed by atoms with Crippen LogP contribution in [0.2, 0.25) is 5.02 Å². The van der Waals surface area contributed by atoms with E-state index in [4.69, 9.17) is 16.3 Å². The van der Waals surface area contributed by atoms with Crippen molar-refractivity contribution < 1.29 is 19.4 Å². The van der Waals surface area contributed by atoms with Gasteiger partial charge in [0.2, 0.25) is 0 Å². The second-order valence-electron chi connectivity index (χ2n) is 8.29. The van der Waals surface area contributed by atoms with Crippen molar-refractivity contribution in [3.05, 3.63) is 94.6 Å². The molecule has 180 valence electrons. The number of hydrogen-bond donors (Lipinski definition) is 4. The van der Waals surface area contributed by atoms with Crippen LogP contribution in [0.25, 0.3) is 10.9 Å². The van der Waals surface area contributed by atoms with E-state index in [1.54, 1.807) is 18.2 Å². The summed E-state index contributed by atoms with van der Waals surface area (Å²) in [6.07, 6.45) is 2.14. The second-order valence-corrected chi connectivity index (χ2v) is 8.73. The highest BCUT2D eigenvalue weighted by atomic mass is 35.5. The van der Waals surface area contributed by atoms with Gasteiger partial charge in [0.05, 0.1) is 0 Å². The smallest absolute Gasteiger partial charge is 0.321 e. The number of nitrogens with one attached hydrogen (secondary N) is 3. The molecule has 4 rings (SSSR count). The molecule has 0 aliphatic rings.